The Morgan fingerprint density at radius 2 is 2.25 bits per heavy atom. The van der Waals surface area contributed by atoms with Gasteiger partial charge in [-0.15, -0.1) is 0 Å². The van der Waals surface area contributed by atoms with E-state index in [2.05, 4.69) is 28.8 Å². The standard InChI is InChI=1S/C15H18N2OS2/c1-17(10-12-5-8-20-11-12)6-7-18-14-4-2-3-13(9-14)15(16)19/h2-5,8-9,11H,6-7,10H2,1H3,(H2,16,19). The molecule has 0 saturated carbocycles. The molecule has 0 aliphatic rings. The molecule has 1 heterocycles. The van der Waals surface area contributed by atoms with Gasteiger partial charge in [0.1, 0.15) is 17.3 Å². The van der Waals surface area contributed by atoms with Gasteiger partial charge in [-0.1, -0.05) is 24.4 Å². The Kier molecular flexibility index (Phi) is 5.52. The van der Waals surface area contributed by atoms with Crippen molar-refractivity contribution in [3.05, 3.63) is 52.2 Å². The highest BCUT2D eigenvalue weighted by molar-refractivity contribution is 7.80. The minimum atomic E-state index is 0.394. The van der Waals surface area contributed by atoms with Crippen LogP contribution in [0.1, 0.15) is 11.1 Å². The molecule has 0 amide bonds. The third-order valence-corrected chi connectivity index (χ3v) is 3.86. The maximum absolute atomic E-state index is 5.73. The van der Waals surface area contributed by atoms with Gasteiger partial charge in [0, 0.05) is 18.7 Å². The summed E-state index contributed by atoms with van der Waals surface area (Å²) in [4.78, 5) is 2.63. The van der Waals surface area contributed by atoms with Gasteiger partial charge in [0.05, 0.1) is 0 Å². The summed E-state index contributed by atoms with van der Waals surface area (Å²) in [6, 6.07) is 9.73. The fourth-order valence-corrected chi connectivity index (χ4v) is 2.62. The van der Waals surface area contributed by atoms with E-state index in [1.54, 1.807) is 11.3 Å². The molecule has 0 bridgehead atoms. The first kappa shape index (κ1) is 15.0. The number of rotatable bonds is 7. The molecule has 0 spiro atoms. The summed E-state index contributed by atoms with van der Waals surface area (Å²) in [7, 11) is 2.09. The van der Waals surface area contributed by atoms with Gasteiger partial charge in [0.25, 0.3) is 0 Å². The highest BCUT2D eigenvalue weighted by Crippen LogP contribution is 2.13. The Balaban J connectivity index is 1.78. The second-order valence-electron chi connectivity index (χ2n) is 4.61. The van der Waals surface area contributed by atoms with E-state index in [-0.39, 0.29) is 0 Å². The monoisotopic (exact) mass is 306 g/mol. The Hall–Kier alpha value is -1.43. The third-order valence-electron chi connectivity index (χ3n) is 2.89. The number of hydrogen-bond acceptors (Lipinski definition) is 4. The Morgan fingerprint density at radius 1 is 1.40 bits per heavy atom. The molecule has 0 atom stereocenters. The van der Waals surface area contributed by atoms with Crippen LogP contribution in [0.3, 0.4) is 0 Å². The number of nitrogens with two attached hydrogens (primary N) is 1. The summed E-state index contributed by atoms with van der Waals surface area (Å²) in [5, 5.41) is 4.27. The SMILES string of the molecule is CN(CCOc1cccc(C(N)=S)c1)Cc1ccsc1. The van der Waals surface area contributed by atoms with Crippen LogP contribution in [0.2, 0.25) is 0 Å². The van der Waals surface area contributed by atoms with E-state index < -0.39 is 0 Å². The van der Waals surface area contributed by atoms with Crippen molar-refractivity contribution >= 4 is 28.5 Å². The maximum Gasteiger partial charge on any atom is 0.120 e. The zero-order chi connectivity index (χ0) is 14.4. The molecule has 2 rings (SSSR count). The zero-order valence-corrected chi connectivity index (χ0v) is 13.0. The lowest BCUT2D eigenvalue weighted by molar-refractivity contribution is 0.233. The number of benzene rings is 1. The largest absolute Gasteiger partial charge is 0.492 e. The van der Waals surface area contributed by atoms with Crippen LogP contribution in [0, 0.1) is 0 Å². The second-order valence-corrected chi connectivity index (χ2v) is 5.83. The van der Waals surface area contributed by atoms with Gasteiger partial charge in [0.2, 0.25) is 0 Å². The van der Waals surface area contributed by atoms with E-state index in [9.17, 15) is 0 Å². The lowest BCUT2D eigenvalue weighted by Gasteiger charge is -2.16. The van der Waals surface area contributed by atoms with E-state index in [0.717, 1.165) is 24.4 Å². The van der Waals surface area contributed by atoms with Crippen LogP contribution in [-0.2, 0) is 6.54 Å². The van der Waals surface area contributed by atoms with Crippen molar-refractivity contribution in [2.75, 3.05) is 20.2 Å². The number of hydrogen-bond donors (Lipinski definition) is 1. The summed E-state index contributed by atoms with van der Waals surface area (Å²) >= 11 is 6.68. The van der Waals surface area contributed by atoms with Crippen LogP contribution < -0.4 is 10.5 Å². The van der Waals surface area contributed by atoms with Crippen LogP contribution in [0.5, 0.6) is 5.75 Å². The third kappa shape index (κ3) is 4.59. The molecule has 2 aromatic rings. The van der Waals surface area contributed by atoms with E-state index in [4.69, 9.17) is 22.7 Å². The van der Waals surface area contributed by atoms with Crippen molar-refractivity contribution in [2.45, 2.75) is 6.54 Å². The molecule has 106 valence electrons. The smallest absolute Gasteiger partial charge is 0.120 e. The molecule has 0 aliphatic heterocycles. The van der Waals surface area contributed by atoms with Crippen LogP contribution >= 0.6 is 23.6 Å². The number of thiocarbonyl (C=S) groups is 1. The quantitative estimate of drug-likeness (QED) is 0.798. The predicted octanol–water partition coefficient (Wildman–Crippen LogP) is 2.89. The average molecular weight is 306 g/mol. The topological polar surface area (TPSA) is 38.5 Å². The van der Waals surface area contributed by atoms with Gasteiger partial charge in [-0.05, 0) is 41.6 Å². The molecule has 0 saturated heterocycles. The molecule has 0 aliphatic carbocycles. The van der Waals surface area contributed by atoms with E-state index >= 15 is 0 Å². The molecule has 5 heteroatoms. The van der Waals surface area contributed by atoms with Gasteiger partial charge < -0.3 is 10.5 Å². The van der Waals surface area contributed by atoms with E-state index in [1.165, 1.54) is 5.56 Å². The number of likely N-dealkylation sites (N-methyl/N-ethyl adjacent to an activating group) is 1. The maximum atomic E-state index is 5.73. The van der Waals surface area contributed by atoms with Gasteiger partial charge in [0.15, 0.2) is 0 Å². The first-order chi connectivity index (χ1) is 9.65. The van der Waals surface area contributed by atoms with Crippen molar-refractivity contribution in [3.8, 4) is 5.75 Å². The normalized spacial score (nSPS) is 10.7. The molecule has 2 N–H and O–H groups in total. The minimum absolute atomic E-state index is 0.394. The lowest BCUT2D eigenvalue weighted by Crippen LogP contribution is -2.23. The number of nitrogens with zero attached hydrogens (tertiary/aromatic N) is 1. The van der Waals surface area contributed by atoms with E-state index in [1.807, 2.05) is 24.3 Å². The minimum Gasteiger partial charge on any atom is -0.492 e. The summed E-state index contributed by atoms with van der Waals surface area (Å²) in [5.41, 5.74) is 7.78. The molecule has 3 nitrogen and oxygen atoms in total. The van der Waals surface area contributed by atoms with Crippen LogP contribution in [0.25, 0.3) is 0 Å². The highest BCUT2D eigenvalue weighted by Gasteiger charge is 2.02. The van der Waals surface area contributed by atoms with Crippen molar-refractivity contribution in [1.29, 1.82) is 0 Å². The molecule has 1 aromatic carbocycles. The summed E-state index contributed by atoms with van der Waals surface area (Å²) < 4.78 is 5.73. The second kappa shape index (κ2) is 7.38. The molecule has 20 heavy (non-hydrogen) atoms. The lowest BCUT2D eigenvalue weighted by atomic mass is 10.2. The van der Waals surface area contributed by atoms with Crippen molar-refractivity contribution in [2.24, 2.45) is 5.73 Å². The van der Waals surface area contributed by atoms with Crippen LogP contribution in [-0.4, -0.2) is 30.1 Å². The molecule has 0 fully saturated rings. The fraction of sp³-hybridized carbons (Fsp3) is 0.267. The van der Waals surface area contributed by atoms with Gasteiger partial charge in [-0.2, -0.15) is 11.3 Å². The Morgan fingerprint density at radius 3 is 2.95 bits per heavy atom. The summed E-state index contributed by atoms with van der Waals surface area (Å²) in [6.45, 7) is 2.45. The first-order valence-corrected chi connectivity index (χ1v) is 7.72. The summed E-state index contributed by atoms with van der Waals surface area (Å²) in [5.74, 6) is 0.805. The fourth-order valence-electron chi connectivity index (χ4n) is 1.83. The Labute approximate surface area is 129 Å². The molecule has 0 unspecified atom stereocenters. The average Bonchev–Trinajstić information content (AvgIpc) is 2.92. The van der Waals surface area contributed by atoms with Gasteiger partial charge in [-0.3, -0.25) is 4.90 Å². The van der Waals surface area contributed by atoms with Crippen LogP contribution in [0.4, 0.5) is 0 Å². The first-order valence-electron chi connectivity index (χ1n) is 6.37. The van der Waals surface area contributed by atoms with Gasteiger partial charge >= 0.3 is 0 Å². The summed E-state index contributed by atoms with van der Waals surface area (Å²) in [6.07, 6.45) is 0. The van der Waals surface area contributed by atoms with Crippen molar-refractivity contribution in [1.82, 2.24) is 4.90 Å². The van der Waals surface area contributed by atoms with Crippen molar-refractivity contribution in [3.63, 3.8) is 0 Å². The predicted molar refractivity (Wildman–Crippen MR) is 88.5 cm³/mol. The zero-order valence-electron chi connectivity index (χ0n) is 11.4. The van der Waals surface area contributed by atoms with E-state index in [0.29, 0.717) is 11.6 Å². The highest BCUT2D eigenvalue weighted by atomic mass is 32.1. The number of ether oxygens (including phenoxy) is 1. The number of thiophene rings is 1. The van der Waals surface area contributed by atoms with Gasteiger partial charge in [-0.25, -0.2) is 0 Å². The molecular weight excluding hydrogens is 288 g/mol. The Bertz CT molecular complexity index is 555. The van der Waals surface area contributed by atoms with Crippen molar-refractivity contribution < 1.29 is 4.74 Å². The molecule has 1 aromatic heterocycles. The van der Waals surface area contributed by atoms with Crippen LogP contribution in [0.15, 0.2) is 41.1 Å². The molecular formula is C15H18N2OS2. The molecule has 0 radical (unpaired) electrons.